The molecule has 0 saturated heterocycles. The molecule has 5 heteroatoms. The normalized spacial score (nSPS) is 10.8. The molecule has 3 rings (SSSR count). The number of hydrogen-bond acceptors (Lipinski definition) is 2. The third-order valence-electron chi connectivity index (χ3n) is 3.65. The number of carboxylic acid groups (broad SMARTS) is 2. The van der Waals surface area contributed by atoms with Crippen LogP contribution in [0.25, 0.3) is 22.0 Å². The average Bonchev–Trinajstić information content (AvgIpc) is 2.93. The zero-order valence-electron chi connectivity index (χ0n) is 11.8. The van der Waals surface area contributed by atoms with Crippen molar-refractivity contribution in [2.45, 2.75) is 6.92 Å². The molecule has 110 valence electrons. The van der Waals surface area contributed by atoms with Crippen molar-refractivity contribution in [3.8, 4) is 11.1 Å². The van der Waals surface area contributed by atoms with E-state index in [0.717, 1.165) is 16.5 Å². The maximum Gasteiger partial charge on any atom is 0.336 e. The van der Waals surface area contributed by atoms with Crippen molar-refractivity contribution >= 4 is 22.8 Å². The van der Waals surface area contributed by atoms with Gasteiger partial charge in [0.05, 0.1) is 11.1 Å². The Balaban J connectivity index is 2.28. The topological polar surface area (TPSA) is 90.4 Å². The summed E-state index contributed by atoms with van der Waals surface area (Å²) in [4.78, 5) is 25.7. The van der Waals surface area contributed by atoms with Crippen LogP contribution in [0, 0.1) is 6.92 Å². The van der Waals surface area contributed by atoms with Crippen molar-refractivity contribution in [2.24, 2.45) is 0 Å². The zero-order chi connectivity index (χ0) is 15.9. The summed E-state index contributed by atoms with van der Waals surface area (Å²) < 4.78 is 0. The standard InChI is InChI=1S/C17H13NO4/c1-9-6-12(16(19)20)8-13(17(21)22)15(9)11-2-3-14-10(7-11)4-5-18-14/h2-8,18H,1H3,(H,19,20)(H,21,22). The first-order valence-electron chi connectivity index (χ1n) is 6.66. The number of rotatable bonds is 3. The summed E-state index contributed by atoms with van der Waals surface area (Å²) in [5.41, 5.74) is 2.83. The van der Waals surface area contributed by atoms with E-state index in [9.17, 15) is 14.7 Å². The van der Waals surface area contributed by atoms with Crippen molar-refractivity contribution < 1.29 is 19.8 Å². The lowest BCUT2D eigenvalue weighted by Crippen LogP contribution is -2.06. The molecule has 3 aromatic rings. The van der Waals surface area contributed by atoms with Crippen LogP contribution in [0.5, 0.6) is 0 Å². The first-order chi connectivity index (χ1) is 10.5. The van der Waals surface area contributed by atoms with Crippen LogP contribution in [0.1, 0.15) is 26.3 Å². The fourth-order valence-electron chi connectivity index (χ4n) is 2.67. The molecule has 3 N–H and O–H groups in total. The second-order valence-corrected chi connectivity index (χ2v) is 5.11. The largest absolute Gasteiger partial charge is 0.478 e. The van der Waals surface area contributed by atoms with Crippen LogP contribution in [0.15, 0.2) is 42.6 Å². The fourth-order valence-corrected chi connectivity index (χ4v) is 2.67. The van der Waals surface area contributed by atoms with E-state index in [-0.39, 0.29) is 11.1 Å². The van der Waals surface area contributed by atoms with E-state index >= 15 is 0 Å². The van der Waals surface area contributed by atoms with Gasteiger partial charge in [0.15, 0.2) is 0 Å². The van der Waals surface area contributed by atoms with Crippen molar-refractivity contribution in [2.75, 3.05) is 0 Å². The Morgan fingerprint density at radius 1 is 1.00 bits per heavy atom. The Morgan fingerprint density at radius 3 is 2.45 bits per heavy atom. The van der Waals surface area contributed by atoms with Crippen LogP contribution in [-0.2, 0) is 0 Å². The van der Waals surface area contributed by atoms with Crippen molar-refractivity contribution in [1.82, 2.24) is 4.98 Å². The second kappa shape index (κ2) is 5.04. The van der Waals surface area contributed by atoms with Gasteiger partial charge in [-0.1, -0.05) is 6.07 Å². The van der Waals surface area contributed by atoms with Gasteiger partial charge in [-0.05, 0) is 59.3 Å². The molecule has 1 heterocycles. The van der Waals surface area contributed by atoms with Gasteiger partial charge >= 0.3 is 11.9 Å². The molecule has 1 aromatic heterocycles. The van der Waals surface area contributed by atoms with Crippen LogP contribution in [0.2, 0.25) is 0 Å². The Hall–Kier alpha value is -3.08. The van der Waals surface area contributed by atoms with Gasteiger partial charge in [0.1, 0.15) is 0 Å². The molecule has 0 aliphatic rings. The quantitative estimate of drug-likeness (QED) is 0.689. The lowest BCUT2D eigenvalue weighted by molar-refractivity contribution is 0.0696. The predicted molar refractivity (Wildman–Crippen MR) is 82.4 cm³/mol. The van der Waals surface area contributed by atoms with Crippen molar-refractivity contribution in [3.63, 3.8) is 0 Å². The minimum absolute atomic E-state index is 0.00714. The number of aromatic amines is 1. The molecule has 0 radical (unpaired) electrons. The highest BCUT2D eigenvalue weighted by atomic mass is 16.4. The minimum Gasteiger partial charge on any atom is -0.478 e. The molecule has 2 aromatic carbocycles. The first-order valence-corrected chi connectivity index (χ1v) is 6.66. The summed E-state index contributed by atoms with van der Waals surface area (Å²) in [6.07, 6.45) is 1.81. The van der Waals surface area contributed by atoms with E-state index in [0.29, 0.717) is 11.1 Å². The summed E-state index contributed by atoms with van der Waals surface area (Å²) in [5, 5.41) is 19.5. The smallest absolute Gasteiger partial charge is 0.336 e. The molecule has 0 unspecified atom stereocenters. The molecule has 0 fully saturated rings. The van der Waals surface area contributed by atoms with E-state index in [1.165, 1.54) is 12.1 Å². The number of aryl methyl sites for hydroxylation is 1. The number of fused-ring (bicyclic) bond motifs is 1. The Kier molecular flexibility index (Phi) is 3.18. The highest BCUT2D eigenvalue weighted by Gasteiger charge is 2.18. The van der Waals surface area contributed by atoms with E-state index in [1.807, 2.05) is 30.5 Å². The molecular formula is C17H13NO4. The van der Waals surface area contributed by atoms with Gasteiger partial charge in [-0.15, -0.1) is 0 Å². The van der Waals surface area contributed by atoms with Gasteiger partial charge in [-0.2, -0.15) is 0 Å². The van der Waals surface area contributed by atoms with Gasteiger partial charge in [0.2, 0.25) is 0 Å². The number of benzene rings is 2. The fraction of sp³-hybridized carbons (Fsp3) is 0.0588. The van der Waals surface area contributed by atoms with Crippen LogP contribution in [0.4, 0.5) is 0 Å². The van der Waals surface area contributed by atoms with Crippen molar-refractivity contribution in [1.29, 1.82) is 0 Å². The molecule has 0 saturated carbocycles. The zero-order valence-corrected chi connectivity index (χ0v) is 11.8. The summed E-state index contributed by atoms with van der Waals surface area (Å²) in [6, 6.07) is 10.2. The van der Waals surface area contributed by atoms with Crippen molar-refractivity contribution in [3.05, 3.63) is 59.3 Å². The number of aromatic carboxylic acids is 2. The summed E-state index contributed by atoms with van der Waals surface area (Å²) in [6.45, 7) is 1.72. The Bertz CT molecular complexity index is 908. The summed E-state index contributed by atoms with van der Waals surface area (Å²) in [7, 11) is 0. The maximum atomic E-state index is 11.5. The second-order valence-electron chi connectivity index (χ2n) is 5.11. The van der Waals surface area contributed by atoms with E-state index < -0.39 is 11.9 Å². The first kappa shape index (κ1) is 13.9. The number of nitrogens with one attached hydrogen (secondary N) is 1. The Morgan fingerprint density at radius 2 is 1.77 bits per heavy atom. The lowest BCUT2D eigenvalue weighted by Gasteiger charge is -2.12. The molecular weight excluding hydrogens is 282 g/mol. The predicted octanol–water partition coefficient (Wildman–Crippen LogP) is 3.54. The molecule has 22 heavy (non-hydrogen) atoms. The van der Waals surface area contributed by atoms with Crippen LogP contribution in [-0.4, -0.2) is 27.1 Å². The number of hydrogen-bond donors (Lipinski definition) is 3. The average molecular weight is 295 g/mol. The maximum absolute atomic E-state index is 11.5. The number of H-pyrrole nitrogens is 1. The Labute approximate surface area is 125 Å². The number of aromatic nitrogens is 1. The SMILES string of the molecule is Cc1cc(C(=O)O)cc(C(=O)O)c1-c1ccc2[nH]ccc2c1. The summed E-state index contributed by atoms with van der Waals surface area (Å²) in [5.74, 6) is -2.28. The minimum atomic E-state index is -1.14. The van der Waals surface area contributed by atoms with Gasteiger partial charge in [-0.3, -0.25) is 0 Å². The van der Waals surface area contributed by atoms with E-state index in [4.69, 9.17) is 5.11 Å². The summed E-state index contributed by atoms with van der Waals surface area (Å²) >= 11 is 0. The van der Waals surface area contributed by atoms with Crippen LogP contribution < -0.4 is 0 Å². The molecule has 5 nitrogen and oxygen atoms in total. The number of carbonyl (C=O) groups is 2. The molecule has 0 bridgehead atoms. The van der Waals surface area contributed by atoms with Crippen LogP contribution in [0.3, 0.4) is 0 Å². The van der Waals surface area contributed by atoms with Gasteiger partial charge in [0, 0.05) is 11.7 Å². The van der Waals surface area contributed by atoms with Crippen LogP contribution >= 0.6 is 0 Å². The third kappa shape index (κ3) is 2.22. The molecule has 0 aliphatic carbocycles. The monoisotopic (exact) mass is 295 g/mol. The third-order valence-corrected chi connectivity index (χ3v) is 3.65. The molecule has 0 spiro atoms. The molecule has 0 aliphatic heterocycles. The van der Waals surface area contributed by atoms with Gasteiger partial charge in [0.25, 0.3) is 0 Å². The number of carboxylic acids is 2. The highest BCUT2D eigenvalue weighted by Crippen LogP contribution is 2.31. The molecule has 0 amide bonds. The van der Waals surface area contributed by atoms with Gasteiger partial charge in [-0.25, -0.2) is 9.59 Å². The highest BCUT2D eigenvalue weighted by molar-refractivity contribution is 6.01. The van der Waals surface area contributed by atoms with E-state index in [1.54, 1.807) is 6.92 Å². The van der Waals surface area contributed by atoms with E-state index in [2.05, 4.69) is 4.98 Å². The molecule has 0 atom stereocenters. The van der Waals surface area contributed by atoms with Gasteiger partial charge < -0.3 is 15.2 Å². The lowest BCUT2D eigenvalue weighted by atomic mass is 9.92.